The van der Waals surface area contributed by atoms with Gasteiger partial charge in [-0.15, -0.1) is 0 Å². The van der Waals surface area contributed by atoms with Crippen molar-refractivity contribution in [2.75, 3.05) is 14.2 Å². The SMILES string of the molecule is COC=C(C(=O)OC)c1ccccc1Oc1cc(-c2cc[nH]c(=O)c2C)ncn1. The molecule has 0 aliphatic rings. The summed E-state index contributed by atoms with van der Waals surface area (Å²) in [5.41, 5.74) is 2.23. The molecule has 2 heterocycles. The molecule has 0 bridgehead atoms. The molecule has 2 aromatic heterocycles. The van der Waals surface area contributed by atoms with Gasteiger partial charge in [-0.05, 0) is 19.1 Å². The van der Waals surface area contributed by atoms with E-state index in [0.29, 0.717) is 28.1 Å². The number of benzene rings is 1. The normalized spacial score (nSPS) is 11.1. The summed E-state index contributed by atoms with van der Waals surface area (Å²) in [6.45, 7) is 1.71. The smallest absolute Gasteiger partial charge is 0.341 e. The summed E-state index contributed by atoms with van der Waals surface area (Å²) in [6.07, 6.45) is 4.19. The maximum Gasteiger partial charge on any atom is 0.341 e. The average Bonchev–Trinajstić information content (AvgIpc) is 2.74. The molecule has 0 amide bonds. The van der Waals surface area contributed by atoms with E-state index < -0.39 is 5.97 Å². The van der Waals surface area contributed by atoms with Crippen LogP contribution in [0.2, 0.25) is 0 Å². The number of carbonyl (C=O) groups excluding carboxylic acids is 1. The number of pyridine rings is 1. The first-order valence-electron chi connectivity index (χ1n) is 8.64. The van der Waals surface area contributed by atoms with E-state index in [9.17, 15) is 9.59 Å². The number of aromatic nitrogens is 3. The number of aromatic amines is 1. The van der Waals surface area contributed by atoms with Crippen molar-refractivity contribution in [2.45, 2.75) is 6.92 Å². The van der Waals surface area contributed by atoms with Crippen LogP contribution in [-0.2, 0) is 14.3 Å². The Labute approximate surface area is 166 Å². The van der Waals surface area contributed by atoms with Crippen LogP contribution < -0.4 is 10.3 Å². The molecule has 1 aromatic carbocycles. The van der Waals surface area contributed by atoms with E-state index in [0.717, 1.165) is 0 Å². The minimum atomic E-state index is -0.564. The van der Waals surface area contributed by atoms with Crippen LogP contribution in [-0.4, -0.2) is 35.1 Å². The molecule has 0 aliphatic carbocycles. The zero-order valence-electron chi connectivity index (χ0n) is 16.1. The molecular weight excluding hydrogens is 374 g/mol. The molecule has 0 spiro atoms. The van der Waals surface area contributed by atoms with Crippen molar-refractivity contribution in [3.05, 3.63) is 76.7 Å². The first-order chi connectivity index (χ1) is 14.0. The Morgan fingerprint density at radius 1 is 1.14 bits per heavy atom. The molecule has 8 nitrogen and oxygen atoms in total. The topological polar surface area (TPSA) is 103 Å². The second-order valence-corrected chi connectivity index (χ2v) is 5.94. The van der Waals surface area contributed by atoms with Crippen LogP contribution in [0.5, 0.6) is 11.6 Å². The summed E-state index contributed by atoms with van der Waals surface area (Å²) in [7, 11) is 2.73. The van der Waals surface area contributed by atoms with Gasteiger partial charge in [-0.3, -0.25) is 4.79 Å². The van der Waals surface area contributed by atoms with Crippen LogP contribution in [0.3, 0.4) is 0 Å². The summed E-state index contributed by atoms with van der Waals surface area (Å²) >= 11 is 0. The summed E-state index contributed by atoms with van der Waals surface area (Å²) < 4.78 is 15.8. The van der Waals surface area contributed by atoms with Crippen LogP contribution in [0.25, 0.3) is 16.8 Å². The van der Waals surface area contributed by atoms with Crippen molar-refractivity contribution in [3.63, 3.8) is 0 Å². The van der Waals surface area contributed by atoms with Crippen molar-refractivity contribution in [1.29, 1.82) is 0 Å². The van der Waals surface area contributed by atoms with E-state index in [1.165, 1.54) is 26.8 Å². The van der Waals surface area contributed by atoms with Crippen molar-refractivity contribution in [2.24, 2.45) is 0 Å². The largest absolute Gasteiger partial charge is 0.503 e. The molecular formula is C21H19N3O5. The Balaban J connectivity index is 2.00. The van der Waals surface area contributed by atoms with E-state index >= 15 is 0 Å². The molecule has 1 N–H and O–H groups in total. The molecule has 0 radical (unpaired) electrons. The van der Waals surface area contributed by atoms with E-state index in [1.807, 2.05) is 0 Å². The third-order valence-corrected chi connectivity index (χ3v) is 4.16. The Hall–Kier alpha value is -3.94. The number of hydrogen-bond donors (Lipinski definition) is 1. The quantitative estimate of drug-likeness (QED) is 0.390. The highest BCUT2D eigenvalue weighted by Crippen LogP contribution is 2.31. The number of ether oxygens (including phenoxy) is 3. The van der Waals surface area contributed by atoms with Crippen molar-refractivity contribution >= 4 is 11.5 Å². The molecule has 3 aromatic rings. The summed E-state index contributed by atoms with van der Waals surface area (Å²) in [5.74, 6) is 0.0719. The first kappa shape index (κ1) is 19.8. The molecule has 0 unspecified atom stereocenters. The third kappa shape index (κ3) is 4.32. The van der Waals surface area contributed by atoms with Gasteiger partial charge in [0.15, 0.2) is 0 Å². The fourth-order valence-electron chi connectivity index (χ4n) is 2.72. The second-order valence-electron chi connectivity index (χ2n) is 5.94. The van der Waals surface area contributed by atoms with Crippen LogP contribution in [0.1, 0.15) is 11.1 Å². The van der Waals surface area contributed by atoms with Gasteiger partial charge in [0.25, 0.3) is 5.56 Å². The molecule has 0 saturated carbocycles. The maximum atomic E-state index is 12.1. The van der Waals surface area contributed by atoms with Crippen molar-refractivity contribution in [1.82, 2.24) is 15.0 Å². The molecule has 29 heavy (non-hydrogen) atoms. The molecule has 0 fully saturated rings. The Kier molecular flexibility index (Phi) is 6.03. The van der Waals surface area contributed by atoms with Crippen LogP contribution in [0.15, 0.2) is 60.0 Å². The first-order valence-corrected chi connectivity index (χ1v) is 8.64. The molecule has 8 heteroatoms. The predicted molar refractivity (Wildman–Crippen MR) is 106 cm³/mol. The minimum absolute atomic E-state index is 0.193. The van der Waals surface area contributed by atoms with Gasteiger partial charge in [0.05, 0.1) is 26.2 Å². The lowest BCUT2D eigenvalue weighted by Gasteiger charge is -2.12. The fraction of sp³-hybridized carbons (Fsp3) is 0.143. The van der Waals surface area contributed by atoms with Gasteiger partial charge >= 0.3 is 5.97 Å². The van der Waals surface area contributed by atoms with Crippen LogP contribution in [0, 0.1) is 6.92 Å². The van der Waals surface area contributed by atoms with Gasteiger partial charge in [-0.1, -0.05) is 18.2 Å². The van der Waals surface area contributed by atoms with Gasteiger partial charge in [0.1, 0.15) is 17.6 Å². The number of esters is 1. The minimum Gasteiger partial charge on any atom is -0.503 e. The van der Waals surface area contributed by atoms with Crippen molar-refractivity contribution < 1.29 is 19.0 Å². The summed E-state index contributed by atoms with van der Waals surface area (Å²) in [6, 6.07) is 10.3. The van der Waals surface area contributed by atoms with Crippen LogP contribution in [0.4, 0.5) is 0 Å². The van der Waals surface area contributed by atoms with E-state index in [4.69, 9.17) is 14.2 Å². The number of carbonyl (C=O) groups is 1. The van der Waals surface area contributed by atoms with Gasteiger partial charge < -0.3 is 19.2 Å². The second kappa shape index (κ2) is 8.83. The number of hydrogen-bond acceptors (Lipinski definition) is 7. The Bertz CT molecular complexity index is 1120. The third-order valence-electron chi connectivity index (χ3n) is 4.16. The number of para-hydroxylation sites is 1. The number of nitrogens with zero attached hydrogens (tertiary/aromatic N) is 2. The number of rotatable bonds is 6. The van der Waals surface area contributed by atoms with E-state index in [2.05, 4.69) is 15.0 Å². The molecule has 148 valence electrons. The van der Waals surface area contributed by atoms with Gasteiger partial charge in [0, 0.05) is 29.0 Å². The van der Waals surface area contributed by atoms with Crippen LogP contribution >= 0.6 is 0 Å². The summed E-state index contributed by atoms with van der Waals surface area (Å²) in [5, 5.41) is 0. The lowest BCUT2D eigenvalue weighted by atomic mass is 10.1. The number of nitrogens with one attached hydrogen (secondary N) is 1. The monoisotopic (exact) mass is 393 g/mol. The highest BCUT2D eigenvalue weighted by atomic mass is 16.5. The highest BCUT2D eigenvalue weighted by Gasteiger charge is 2.18. The molecule has 0 aliphatic heterocycles. The Morgan fingerprint density at radius 2 is 1.93 bits per heavy atom. The fourth-order valence-corrected chi connectivity index (χ4v) is 2.72. The van der Waals surface area contributed by atoms with Gasteiger partial charge in [0.2, 0.25) is 5.88 Å². The zero-order valence-corrected chi connectivity index (χ0v) is 16.1. The maximum absolute atomic E-state index is 12.1. The predicted octanol–water partition coefficient (Wildman–Crippen LogP) is 3.09. The summed E-state index contributed by atoms with van der Waals surface area (Å²) in [4.78, 5) is 35.0. The number of methoxy groups -OCH3 is 2. The molecule has 0 atom stereocenters. The molecule has 3 rings (SSSR count). The zero-order chi connectivity index (χ0) is 20.8. The van der Waals surface area contributed by atoms with Crippen molar-refractivity contribution in [3.8, 4) is 22.9 Å². The highest BCUT2D eigenvalue weighted by molar-refractivity contribution is 6.17. The standard InChI is InChI=1S/C21H19N3O5/c1-13-14(8-9-22-20(13)25)17-10-19(24-12-23-17)29-18-7-5-4-6-15(18)16(11-27-2)21(26)28-3/h4-12H,1-3H3,(H,22,25). The van der Waals surface area contributed by atoms with Gasteiger partial charge in [-0.25, -0.2) is 14.8 Å². The van der Waals surface area contributed by atoms with E-state index in [1.54, 1.807) is 49.5 Å². The lowest BCUT2D eigenvalue weighted by Crippen LogP contribution is -2.09. The number of H-pyrrole nitrogens is 1. The Morgan fingerprint density at radius 3 is 2.69 bits per heavy atom. The van der Waals surface area contributed by atoms with E-state index in [-0.39, 0.29) is 17.0 Å². The van der Waals surface area contributed by atoms with Gasteiger partial charge in [-0.2, -0.15) is 0 Å². The lowest BCUT2D eigenvalue weighted by molar-refractivity contribution is -0.133. The molecule has 0 saturated heterocycles. The average molecular weight is 393 g/mol.